The molecule has 0 aliphatic carbocycles. The number of hydrogen-bond donors (Lipinski definition) is 1. The molecule has 1 aliphatic heterocycles. The lowest BCUT2D eigenvalue weighted by Crippen LogP contribution is -2.34. The molecule has 0 radical (unpaired) electrons. The van der Waals surface area contributed by atoms with Gasteiger partial charge in [0.05, 0.1) is 12.8 Å². The molecular formula is C17H22N2O. The number of hydrogen-bond acceptors (Lipinski definition) is 3. The number of benzene rings is 1. The lowest BCUT2D eigenvalue weighted by atomic mass is 9.94. The van der Waals surface area contributed by atoms with Gasteiger partial charge in [-0.05, 0) is 37.1 Å². The number of anilines is 1. The van der Waals surface area contributed by atoms with Crippen molar-refractivity contribution in [3.05, 3.63) is 53.5 Å². The largest absolute Gasteiger partial charge is 0.467 e. The maximum absolute atomic E-state index is 5.69. The Hall–Kier alpha value is -1.74. The van der Waals surface area contributed by atoms with E-state index in [0.29, 0.717) is 5.92 Å². The van der Waals surface area contributed by atoms with E-state index in [9.17, 15) is 0 Å². The molecule has 0 spiro atoms. The number of nitrogens with zero attached hydrogens (tertiary/aromatic N) is 1. The fraction of sp³-hybridized carbons (Fsp3) is 0.412. The minimum atomic E-state index is 0.688. The molecule has 1 aromatic carbocycles. The smallest absolute Gasteiger partial charge is 0.127 e. The van der Waals surface area contributed by atoms with Crippen LogP contribution in [0.5, 0.6) is 0 Å². The second-order valence-electron chi connectivity index (χ2n) is 5.72. The van der Waals surface area contributed by atoms with Gasteiger partial charge in [0, 0.05) is 24.3 Å². The zero-order valence-corrected chi connectivity index (χ0v) is 12.2. The maximum atomic E-state index is 5.69. The normalized spacial score (nSPS) is 18.1. The van der Waals surface area contributed by atoms with Crippen molar-refractivity contribution in [3.8, 4) is 0 Å². The fourth-order valence-corrected chi connectivity index (χ4v) is 3.08. The summed E-state index contributed by atoms with van der Waals surface area (Å²) in [5.41, 5.74) is 4.06. The minimum absolute atomic E-state index is 0.688. The highest BCUT2D eigenvalue weighted by atomic mass is 16.3. The van der Waals surface area contributed by atoms with Crippen LogP contribution in [0.2, 0.25) is 0 Å². The van der Waals surface area contributed by atoms with Gasteiger partial charge in [-0.3, -0.25) is 0 Å². The summed E-state index contributed by atoms with van der Waals surface area (Å²) in [6, 6.07) is 10.8. The standard InChI is InChI=1S/C17H22N2O/c1-13-9-14-5-3-4-6-16(14)19(11-13)12-17-15(10-18-2)7-8-20-17/h3-8,13,18H,9-12H2,1-2H3. The molecule has 20 heavy (non-hydrogen) atoms. The Bertz CT molecular complexity index is 576. The highest BCUT2D eigenvalue weighted by Gasteiger charge is 2.22. The number of nitrogens with one attached hydrogen (secondary N) is 1. The predicted molar refractivity (Wildman–Crippen MR) is 81.8 cm³/mol. The topological polar surface area (TPSA) is 28.4 Å². The first-order chi connectivity index (χ1) is 9.78. The van der Waals surface area contributed by atoms with Crippen LogP contribution in [0.4, 0.5) is 5.69 Å². The molecule has 1 aromatic heterocycles. The zero-order chi connectivity index (χ0) is 13.9. The predicted octanol–water partition coefficient (Wildman–Crippen LogP) is 3.20. The molecule has 1 aliphatic rings. The highest BCUT2D eigenvalue weighted by Crippen LogP contribution is 2.31. The average molecular weight is 270 g/mol. The van der Waals surface area contributed by atoms with Crippen LogP contribution in [0.25, 0.3) is 0 Å². The van der Waals surface area contributed by atoms with Gasteiger partial charge in [0.1, 0.15) is 5.76 Å². The van der Waals surface area contributed by atoms with Crippen LogP contribution in [-0.2, 0) is 19.5 Å². The van der Waals surface area contributed by atoms with Crippen molar-refractivity contribution in [1.29, 1.82) is 0 Å². The molecule has 3 heteroatoms. The summed E-state index contributed by atoms with van der Waals surface area (Å²) in [4.78, 5) is 2.45. The first kappa shape index (κ1) is 13.3. The van der Waals surface area contributed by atoms with Gasteiger partial charge < -0.3 is 14.6 Å². The molecule has 1 N–H and O–H groups in total. The zero-order valence-electron chi connectivity index (χ0n) is 12.2. The van der Waals surface area contributed by atoms with Crippen molar-refractivity contribution in [2.24, 2.45) is 5.92 Å². The lowest BCUT2D eigenvalue weighted by molar-refractivity contribution is 0.469. The Labute approximate surface area is 120 Å². The Morgan fingerprint density at radius 2 is 2.15 bits per heavy atom. The Morgan fingerprint density at radius 1 is 1.30 bits per heavy atom. The van der Waals surface area contributed by atoms with E-state index in [1.165, 1.54) is 23.2 Å². The molecular weight excluding hydrogens is 248 g/mol. The van der Waals surface area contributed by atoms with Gasteiger partial charge in [-0.15, -0.1) is 0 Å². The van der Waals surface area contributed by atoms with Crippen LogP contribution < -0.4 is 10.2 Å². The van der Waals surface area contributed by atoms with Crippen LogP contribution in [0.15, 0.2) is 41.0 Å². The molecule has 3 nitrogen and oxygen atoms in total. The second kappa shape index (κ2) is 5.71. The molecule has 0 amide bonds. The third-order valence-corrected chi connectivity index (χ3v) is 3.97. The number of para-hydroxylation sites is 1. The Kier molecular flexibility index (Phi) is 3.79. The van der Waals surface area contributed by atoms with Crippen molar-refractivity contribution >= 4 is 5.69 Å². The first-order valence-electron chi connectivity index (χ1n) is 7.30. The van der Waals surface area contributed by atoms with E-state index in [-0.39, 0.29) is 0 Å². The third-order valence-electron chi connectivity index (χ3n) is 3.97. The first-order valence-corrected chi connectivity index (χ1v) is 7.30. The van der Waals surface area contributed by atoms with E-state index in [1.807, 2.05) is 7.05 Å². The molecule has 2 heterocycles. The van der Waals surface area contributed by atoms with E-state index >= 15 is 0 Å². The number of fused-ring (bicyclic) bond motifs is 1. The highest BCUT2D eigenvalue weighted by molar-refractivity contribution is 5.56. The van der Waals surface area contributed by atoms with Gasteiger partial charge in [0.15, 0.2) is 0 Å². The molecule has 0 saturated carbocycles. The molecule has 0 fully saturated rings. The van der Waals surface area contributed by atoms with Crippen molar-refractivity contribution in [1.82, 2.24) is 5.32 Å². The van der Waals surface area contributed by atoms with E-state index in [1.54, 1.807) is 6.26 Å². The van der Waals surface area contributed by atoms with Crippen LogP contribution in [-0.4, -0.2) is 13.6 Å². The van der Waals surface area contributed by atoms with Gasteiger partial charge in [0.2, 0.25) is 0 Å². The lowest BCUT2D eigenvalue weighted by Gasteiger charge is -2.34. The van der Waals surface area contributed by atoms with Crippen molar-refractivity contribution in [2.75, 3.05) is 18.5 Å². The summed E-state index contributed by atoms with van der Waals surface area (Å²) in [7, 11) is 1.97. The quantitative estimate of drug-likeness (QED) is 0.925. The van der Waals surface area contributed by atoms with Gasteiger partial charge in [-0.25, -0.2) is 0 Å². The monoisotopic (exact) mass is 270 g/mol. The summed E-state index contributed by atoms with van der Waals surface area (Å²) >= 11 is 0. The third kappa shape index (κ3) is 2.59. The fourth-order valence-electron chi connectivity index (χ4n) is 3.08. The van der Waals surface area contributed by atoms with Crippen LogP contribution in [0, 0.1) is 5.92 Å². The summed E-state index contributed by atoms with van der Waals surface area (Å²) in [6.45, 7) is 5.12. The average Bonchev–Trinajstić information content (AvgIpc) is 2.86. The second-order valence-corrected chi connectivity index (χ2v) is 5.72. The van der Waals surface area contributed by atoms with Crippen LogP contribution >= 0.6 is 0 Å². The van der Waals surface area contributed by atoms with Gasteiger partial charge in [-0.1, -0.05) is 25.1 Å². The van der Waals surface area contributed by atoms with Crippen molar-refractivity contribution in [2.45, 2.75) is 26.4 Å². The van der Waals surface area contributed by atoms with Gasteiger partial charge in [0.25, 0.3) is 0 Å². The summed E-state index contributed by atoms with van der Waals surface area (Å²) in [6.07, 6.45) is 2.97. The number of rotatable bonds is 4. The molecule has 0 bridgehead atoms. The van der Waals surface area contributed by atoms with E-state index < -0.39 is 0 Å². The SMILES string of the molecule is CNCc1ccoc1CN1CC(C)Cc2ccccc21. The van der Waals surface area contributed by atoms with Crippen molar-refractivity contribution < 1.29 is 4.42 Å². The number of furan rings is 1. The summed E-state index contributed by atoms with van der Waals surface area (Å²) < 4.78 is 5.69. The summed E-state index contributed by atoms with van der Waals surface area (Å²) in [5.74, 6) is 1.76. The minimum Gasteiger partial charge on any atom is -0.467 e. The van der Waals surface area contributed by atoms with Gasteiger partial charge >= 0.3 is 0 Å². The Morgan fingerprint density at radius 3 is 3.00 bits per heavy atom. The molecule has 1 unspecified atom stereocenters. The molecule has 0 saturated heterocycles. The van der Waals surface area contributed by atoms with Crippen molar-refractivity contribution in [3.63, 3.8) is 0 Å². The van der Waals surface area contributed by atoms with E-state index in [0.717, 1.165) is 25.4 Å². The summed E-state index contributed by atoms with van der Waals surface area (Å²) in [5, 5.41) is 3.20. The molecule has 2 aromatic rings. The van der Waals surface area contributed by atoms with Gasteiger partial charge in [-0.2, -0.15) is 0 Å². The van der Waals surface area contributed by atoms with E-state index in [2.05, 4.69) is 47.5 Å². The molecule has 1 atom stereocenters. The van der Waals surface area contributed by atoms with E-state index in [4.69, 9.17) is 4.42 Å². The Balaban J connectivity index is 1.85. The van der Waals surface area contributed by atoms with Crippen LogP contribution in [0.1, 0.15) is 23.8 Å². The maximum Gasteiger partial charge on any atom is 0.127 e. The molecule has 106 valence electrons. The van der Waals surface area contributed by atoms with Crippen LogP contribution in [0.3, 0.4) is 0 Å². The molecule has 3 rings (SSSR count).